The Bertz CT molecular complexity index is 457. The van der Waals surface area contributed by atoms with Gasteiger partial charge < -0.3 is 14.9 Å². The molecule has 2 rings (SSSR count). The molecule has 0 saturated carbocycles. The molecular weight excluding hydrogens is 244 g/mol. The molecule has 1 heterocycles. The standard InChI is InChI=1S/C15H20O4/c1-3-4-5-6-11-7-10-8-13(16)15(2,18)14(17)12(10)9-19-11/h3-6,11,13,16,18H,7-9H2,1-2H3/t11-,13-,15+/m1/s1. The van der Waals surface area contributed by atoms with Crippen molar-refractivity contribution >= 4 is 5.78 Å². The molecule has 0 unspecified atom stereocenters. The second-order valence-electron chi connectivity index (χ2n) is 5.24. The van der Waals surface area contributed by atoms with Crippen LogP contribution in [-0.4, -0.2) is 40.4 Å². The fourth-order valence-electron chi connectivity index (χ4n) is 2.46. The van der Waals surface area contributed by atoms with Crippen LogP contribution in [0.3, 0.4) is 0 Å². The summed E-state index contributed by atoms with van der Waals surface area (Å²) in [6.45, 7) is 3.51. The van der Waals surface area contributed by atoms with Gasteiger partial charge in [-0.1, -0.05) is 29.9 Å². The maximum atomic E-state index is 12.1. The lowest BCUT2D eigenvalue weighted by Gasteiger charge is -2.38. The molecule has 2 aliphatic rings. The Labute approximate surface area is 113 Å². The first-order valence-electron chi connectivity index (χ1n) is 6.54. The smallest absolute Gasteiger partial charge is 0.195 e. The first-order chi connectivity index (χ1) is 8.96. The number of hydrogen-bond donors (Lipinski definition) is 2. The van der Waals surface area contributed by atoms with E-state index in [1.807, 2.05) is 31.2 Å². The van der Waals surface area contributed by atoms with Gasteiger partial charge in [-0.15, -0.1) is 0 Å². The third kappa shape index (κ3) is 2.71. The molecule has 4 heteroatoms. The molecule has 0 aromatic rings. The van der Waals surface area contributed by atoms with E-state index < -0.39 is 17.5 Å². The fraction of sp³-hybridized carbons (Fsp3) is 0.533. The second kappa shape index (κ2) is 5.41. The molecule has 3 atom stereocenters. The molecule has 1 aliphatic heterocycles. The van der Waals surface area contributed by atoms with Crippen LogP contribution in [0.15, 0.2) is 35.5 Å². The van der Waals surface area contributed by atoms with Crippen LogP contribution in [0.5, 0.6) is 0 Å². The van der Waals surface area contributed by atoms with E-state index in [9.17, 15) is 15.0 Å². The number of aliphatic hydroxyl groups excluding tert-OH is 1. The van der Waals surface area contributed by atoms with Crippen molar-refractivity contribution in [1.82, 2.24) is 0 Å². The lowest BCUT2D eigenvalue weighted by molar-refractivity contribution is -0.146. The summed E-state index contributed by atoms with van der Waals surface area (Å²) in [6, 6.07) is 0. The van der Waals surface area contributed by atoms with Crippen molar-refractivity contribution in [1.29, 1.82) is 0 Å². The van der Waals surface area contributed by atoms with Gasteiger partial charge in [-0.3, -0.25) is 4.79 Å². The molecule has 104 valence electrons. The van der Waals surface area contributed by atoms with Crippen molar-refractivity contribution in [2.75, 3.05) is 6.61 Å². The maximum Gasteiger partial charge on any atom is 0.195 e. The fourth-order valence-corrected chi connectivity index (χ4v) is 2.46. The van der Waals surface area contributed by atoms with Gasteiger partial charge >= 0.3 is 0 Å². The zero-order chi connectivity index (χ0) is 14.0. The first-order valence-corrected chi connectivity index (χ1v) is 6.54. The summed E-state index contributed by atoms with van der Waals surface area (Å²) < 4.78 is 5.60. The van der Waals surface area contributed by atoms with E-state index in [-0.39, 0.29) is 12.7 Å². The van der Waals surface area contributed by atoms with Gasteiger partial charge in [0, 0.05) is 5.57 Å². The molecule has 0 fully saturated rings. The largest absolute Gasteiger partial charge is 0.389 e. The van der Waals surface area contributed by atoms with Gasteiger partial charge in [-0.05, 0) is 26.7 Å². The zero-order valence-corrected chi connectivity index (χ0v) is 11.3. The molecule has 0 amide bonds. The summed E-state index contributed by atoms with van der Waals surface area (Å²) in [5.74, 6) is -0.405. The average molecular weight is 264 g/mol. The van der Waals surface area contributed by atoms with E-state index >= 15 is 0 Å². The molecule has 1 aliphatic carbocycles. The van der Waals surface area contributed by atoms with Crippen LogP contribution in [0.1, 0.15) is 26.7 Å². The molecule has 0 aromatic carbocycles. The van der Waals surface area contributed by atoms with Crippen molar-refractivity contribution in [3.8, 4) is 0 Å². The van der Waals surface area contributed by atoms with Crippen molar-refractivity contribution in [3.63, 3.8) is 0 Å². The highest BCUT2D eigenvalue weighted by atomic mass is 16.5. The van der Waals surface area contributed by atoms with Crippen LogP contribution in [0, 0.1) is 0 Å². The number of carbonyl (C=O) groups is 1. The third-order valence-corrected chi connectivity index (χ3v) is 3.77. The van der Waals surface area contributed by atoms with E-state index in [4.69, 9.17) is 4.74 Å². The number of ether oxygens (including phenoxy) is 1. The van der Waals surface area contributed by atoms with Gasteiger partial charge in [-0.25, -0.2) is 0 Å². The Kier molecular flexibility index (Phi) is 4.04. The number of hydrogen-bond acceptors (Lipinski definition) is 4. The minimum Gasteiger partial charge on any atom is -0.389 e. The Morgan fingerprint density at radius 3 is 2.79 bits per heavy atom. The van der Waals surface area contributed by atoms with Crippen LogP contribution in [-0.2, 0) is 9.53 Å². The number of aliphatic hydroxyl groups is 2. The van der Waals surface area contributed by atoms with E-state index in [0.29, 0.717) is 18.4 Å². The maximum absolute atomic E-state index is 12.1. The highest BCUT2D eigenvalue weighted by Gasteiger charge is 2.46. The van der Waals surface area contributed by atoms with Crippen LogP contribution < -0.4 is 0 Å². The molecule has 0 radical (unpaired) electrons. The minimum absolute atomic E-state index is 0.0713. The van der Waals surface area contributed by atoms with Gasteiger partial charge in [0.05, 0.1) is 18.8 Å². The van der Waals surface area contributed by atoms with Crippen LogP contribution in [0.4, 0.5) is 0 Å². The zero-order valence-electron chi connectivity index (χ0n) is 11.3. The molecule has 0 bridgehead atoms. The Hall–Kier alpha value is -1.23. The molecule has 0 saturated heterocycles. The SMILES string of the molecule is CC=CC=C[C@@H]1CC2=C(CO1)C(=O)[C@@](C)(O)[C@H](O)C2. The monoisotopic (exact) mass is 264 g/mol. The van der Waals surface area contributed by atoms with Crippen molar-refractivity contribution in [2.45, 2.75) is 44.5 Å². The summed E-state index contributed by atoms with van der Waals surface area (Å²) in [4.78, 5) is 12.1. The molecule has 0 aromatic heterocycles. The summed E-state index contributed by atoms with van der Waals surface area (Å²) in [6.07, 6.45) is 7.53. The molecule has 19 heavy (non-hydrogen) atoms. The van der Waals surface area contributed by atoms with Crippen molar-refractivity contribution < 1.29 is 19.7 Å². The number of rotatable bonds is 2. The lowest BCUT2D eigenvalue weighted by atomic mass is 9.76. The van der Waals surface area contributed by atoms with E-state index in [0.717, 1.165) is 5.57 Å². The summed E-state index contributed by atoms with van der Waals surface area (Å²) in [5, 5.41) is 19.8. The summed E-state index contributed by atoms with van der Waals surface area (Å²) in [5.41, 5.74) is -0.244. The van der Waals surface area contributed by atoms with Crippen molar-refractivity contribution in [2.24, 2.45) is 0 Å². The Morgan fingerprint density at radius 2 is 2.11 bits per heavy atom. The van der Waals surface area contributed by atoms with E-state index in [1.165, 1.54) is 6.92 Å². The lowest BCUT2D eigenvalue weighted by Crippen LogP contribution is -2.52. The van der Waals surface area contributed by atoms with E-state index in [2.05, 4.69) is 0 Å². The molecule has 4 nitrogen and oxygen atoms in total. The Balaban J connectivity index is 2.16. The number of allylic oxidation sites excluding steroid dienone is 3. The molecular formula is C15H20O4. The van der Waals surface area contributed by atoms with Crippen LogP contribution in [0.2, 0.25) is 0 Å². The van der Waals surface area contributed by atoms with Gasteiger partial charge in [0.1, 0.15) is 0 Å². The van der Waals surface area contributed by atoms with Crippen LogP contribution in [0.25, 0.3) is 0 Å². The van der Waals surface area contributed by atoms with Crippen molar-refractivity contribution in [3.05, 3.63) is 35.5 Å². The quantitative estimate of drug-likeness (QED) is 0.738. The average Bonchev–Trinajstić information content (AvgIpc) is 2.37. The normalized spacial score (nSPS) is 36.3. The number of Topliss-reactive ketones (excluding diaryl/α,β-unsaturated/α-hetero) is 1. The highest BCUT2D eigenvalue weighted by Crippen LogP contribution is 2.35. The van der Waals surface area contributed by atoms with Crippen LogP contribution >= 0.6 is 0 Å². The highest BCUT2D eigenvalue weighted by molar-refractivity contribution is 6.04. The summed E-state index contributed by atoms with van der Waals surface area (Å²) in [7, 11) is 0. The third-order valence-electron chi connectivity index (χ3n) is 3.77. The van der Waals surface area contributed by atoms with Gasteiger partial charge in [0.2, 0.25) is 0 Å². The van der Waals surface area contributed by atoms with E-state index in [1.54, 1.807) is 0 Å². The minimum atomic E-state index is -1.68. The first kappa shape index (κ1) is 14.2. The predicted octanol–water partition coefficient (Wildman–Crippen LogP) is 1.29. The Morgan fingerprint density at radius 1 is 1.37 bits per heavy atom. The van der Waals surface area contributed by atoms with Gasteiger partial charge in [0.25, 0.3) is 0 Å². The number of carbonyl (C=O) groups excluding carboxylic acids is 1. The predicted molar refractivity (Wildman–Crippen MR) is 71.6 cm³/mol. The summed E-state index contributed by atoms with van der Waals surface area (Å²) >= 11 is 0. The molecule has 0 spiro atoms. The second-order valence-corrected chi connectivity index (χ2v) is 5.24. The van der Waals surface area contributed by atoms with Gasteiger partial charge in [0.15, 0.2) is 11.4 Å². The van der Waals surface area contributed by atoms with Gasteiger partial charge in [-0.2, -0.15) is 0 Å². The topological polar surface area (TPSA) is 66.8 Å². The number of ketones is 1. The molecule has 2 N–H and O–H groups in total.